The maximum absolute atomic E-state index is 12.8. The third kappa shape index (κ3) is 1.43. The summed E-state index contributed by atoms with van der Waals surface area (Å²) in [6, 6.07) is 3.08. The summed E-state index contributed by atoms with van der Waals surface area (Å²) in [4.78, 5) is 22.2. The Kier molecular flexibility index (Phi) is 2.11. The van der Waals surface area contributed by atoms with E-state index >= 15 is 0 Å². The molecule has 0 N–H and O–H groups in total. The molecule has 0 bridgehead atoms. The molecule has 1 aromatic carbocycles. The molecule has 2 rings (SSSR count). The average Bonchev–Trinajstić information content (AvgIpc) is 2.17. The lowest BCUT2D eigenvalue weighted by atomic mass is 10.2. The highest BCUT2D eigenvalue weighted by atomic mass is 19.1. The van der Waals surface area contributed by atoms with Crippen LogP contribution < -0.4 is 11.4 Å². The Balaban J connectivity index is 3.05. The van der Waals surface area contributed by atoms with Crippen molar-refractivity contribution in [1.82, 2.24) is 4.57 Å². The minimum absolute atomic E-state index is 0.0337. The molecule has 0 aliphatic rings. The fourth-order valence-corrected chi connectivity index (χ4v) is 1.30. The maximum atomic E-state index is 12.8. The first-order chi connectivity index (χ1) is 7.13. The van der Waals surface area contributed by atoms with Crippen LogP contribution in [0.5, 0.6) is 0 Å². The van der Waals surface area contributed by atoms with Crippen molar-refractivity contribution in [3.8, 4) is 0 Å². The molecule has 2 aromatic rings. The lowest BCUT2D eigenvalue weighted by Crippen LogP contribution is -2.24. The fourth-order valence-electron chi connectivity index (χ4n) is 1.30. The Morgan fingerprint density at radius 2 is 2.07 bits per heavy atom. The molecular formula is C9H5F2NO3. The first kappa shape index (κ1) is 9.57. The van der Waals surface area contributed by atoms with E-state index in [-0.39, 0.29) is 10.9 Å². The Hall–Kier alpha value is -1.98. The smallest absolute Gasteiger partial charge is 0.372 e. The Bertz CT molecular complexity index is 629. The number of nitrogens with zero attached hydrogens (tertiary/aromatic N) is 1. The molecule has 0 aliphatic carbocycles. The van der Waals surface area contributed by atoms with E-state index < -0.39 is 24.0 Å². The zero-order valence-corrected chi connectivity index (χ0v) is 7.37. The highest BCUT2D eigenvalue weighted by Crippen LogP contribution is 2.10. The van der Waals surface area contributed by atoms with E-state index in [1.165, 1.54) is 0 Å². The topological polar surface area (TPSA) is 52.2 Å². The number of halogens is 2. The summed E-state index contributed by atoms with van der Waals surface area (Å²) in [5, 5.41) is -0.0337. The number of alkyl halides is 1. The average molecular weight is 213 g/mol. The minimum Gasteiger partial charge on any atom is -0.372 e. The molecule has 0 fully saturated rings. The largest absolute Gasteiger partial charge is 0.424 e. The molecule has 0 radical (unpaired) electrons. The summed E-state index contributed by atoms with van der Waals surface area (Å²) >= 11 is 0. The lowest BCUT2D eigenvalue weighted by molar-refractivity contribution is 0.326. The van der Waals surface area contributed by atoms with Crippen LogP contribution in [0.3, 0.4) is 0 Å². The molecule has 6 heteroatoms. The van der Waals surface area contributed by atoms with Gasteiger partial charge in [0.1, 0.15) is 5.82 Å². The quantitative estimate of drug-likeness (QED) is 0.710. The van der Waals surface area contributed by atoms with Gasteiger partial charge in [0, 0.05) is 0 Å². The molecule has 0 aliphatic heterocycles. The second-order valence-electron chi connectivity index (χ2n) is 2.86. The summed E-state index contributed by atoms with van der Waals surface area (Å²) in [5.74, 6) is -1.80. The minimum atomic E-state index is -1.18. The van der Waals surface area contributed by atoms with Crippen LogP contribution in [0.2, 0.25) is 0 Å². The van der Waals surface area contributed by atoms with Gasteiger partial charge >= 0.3 is 11.4 Å². The van der Waals surface area contributed by atoms with E-state index in [2.05, 4.69) is 4.42 Å². The maximum Gasteiger partial charge on any atom is 0.424 e. The molecule has 4 nitrogen and oxygen atoms in total. The van der Waals surface area contributed by atoms with Gasteiger partial charge in [-0.1, -0.05) is 0 Å². The highest BCUT2D eigenvalue weighted by molar-refractivity contribution is 5.77. The second kappa shape index (κ2) is 3.30. The van der Waals surface area contributed by atoms with Gasteiger partial charge in [0.05, 0.1) is 10.9 Å². The lowest BCUT2D eigenvalue weighted by Gasteiger charge is -2.02. The summed E-state index contributed by atoms with van der Waals surface area (Å²) in [6.45, 7) is -1.18. The highest BCUT2D eigenvalue weighted by Gasteiger charge is 2.09. The van der Waals surface area contributed by atoms with Crippen LogP contribution in [0.1, 0.15) is 0 Å². The van der Waals surface area contributed by atoms with E-state index in [0.29, 0.717) is 4.57 Å². The predicted octanol–water partition coefficient (Wildman–Crippen LogP) is 1.02. The molecule has 15 heavy (non-hydrogen) atoms. The monoisotopic (exact) mass is 213 g/mol. The van der Waals surface area contributed by atoms with Gasteiger partial charge < -0.3 is 4.42 Å². The van der Waals surface area contributed by atoms with Gasteiger partial charge in [-0.2, -0.15) is 0 Å². The Morgan fingerprint density at radius 3 is 2.73 bits per heavy atom. The molecule has 0 amide bonds. The van der Waals surface area contributed by atoms with Gasteiger partial charge in [-0.3, -0.25) is 0 Å². The molecular weight excluding hydrogens is 208 g/mol. The van der Waals surface area contributed by atoms with Crippen LogP contribution in [-0.2, 0) is 6.80 Å². The van der Waals surface area contributed by atoms with Gasteiger partial charge in [0.15, 0.2) is 6.80 Å². The van der Waals surface area contributed by atoms with Gasteiger partial charge in [0.2, 0.25) is 0 Å². The standard InChI is InChI=1S/C9H5F2NO3/c10-4-12-7-3-5(11)1-2-6(7)8(13)15-9(12)14/h1-3H,4H2. The van der Waals surface area contributed by atoms with Crippen molar-refractivity contribution in [2.45, 2.75) is 6.80 Å². The molecule has 0 atom stereocenters. The van der Waals surface area contributed by atoms with Crippen LogP contribution in [0.15, 0.2) is 32.2 Å². The molecule has 0 saturated heterocycles. The van der Waals surface area contributed by atoms with Crippen molar-refractivity contribution in [2.75, 3.05) is 0 Å². The molecule has 78 valence electrons. The summed E-state index contributed by atoms with van der Waals surface area (Å²) in [7, 11) is 0. The number of rotatable bonds is 1. The zero-order valence-electron chi connectivity index (χ0n) is 7.37. The summed E-state index contributed by atoms with van der Waals surface area (Å²) in [5.41, 5.74) is -1.02. The SMILES string of the molecule is O=c1oc(=O)n(CF)c2cc(F)ccc12. The Labute approximate surface area is 81.4 Å². The van der Waals surface area contributed by atoms with Crippen molar-refractivity contribution in [3.63, 3.8) is 0 Å². The third-order valence-corrected chi connectivity index (χ3v) is 1.99. The van der Waals surface area contributed by atoms with Crippen LogP contribution in [0.4, 0.5) is 8.78 Å². The Morgan fingerprint density at radius 1 is 1.33 bits per heavy atom. The van der Waals surface area contributed by atoms with Crippen LogP contribution in [0, 0.1) is 5.82 Å². The van der Waals surface area contributed by atoms with Crippen molar-refractivity contribution < 1.29 is 13.2 Å². The van der Waals surface area contributed by atoms with E-state index in [4.69, 9.17) is 0 Å². The van der Waals surface area contributed by atoms with E-state index in [0.717, 1.165) is 18.2 Å². The van der Waals surface area contributed by atoms with E-state index in [1.807, 2.05) is 0 Å². The molecule has 1 heterocycles. The van der Waals surface area contributed by atoms with Crippen molar-refractivity contribution in [3.05, 3.63) is 45.0 Å². The number of aromatic nitrogens is 1. The van der Waals surface area contributed by atoms with Gasteiger partial charge in [-0.05, 0) is 18.2 Å². The van der Waals surface area contributed by atoms with Gasteiger partial charge in [-0.25, -0.2) is 22.9 Å². The second-order valence-corrected chi connectivity index (χ2v) is 2.86. The number of benzene rings is 1. The third-order valence-electron chi connectivity index (χ3n) is 1.99. The van der Waals surface area contributed by atoms with Crippen LogP contribution >= 0.6 is 0 Å². The van der Waals surface area contributed by atoms with Crippen LogP contribution in [-0.4, -0.2) is 4.57 Å². The van der Waals surface area contributed by atoms with E-state index in [9.17, 15) is 18.4 Å². The first-order valence-corrected chi connectivity index (χ1v) is 4.02. The molecule has 0 saturated carbocycles. The number of hydrogen-bond donors (Lipinski definition) is 0. The fraction of sp³-hybridized carbons (Fsp3) is 0.111. The van der Waals surface area contributed by atoms with Crippen LogP contribution in [0.25, 0.3) is 10.9 Å². The molecule has 1 aromatic heterocycles. The number of hydrogen-bond acceptors (Lipinski definition) is 3. The zero-order chi connectivity index (χ0) is 11.0. The summed E-state index contributed by atoms with van der Waals surface area (Å²) < 4.78 is 30.1. The normalized spacial score (nSPS) is 10.8. The van der Waals surface area contributed by atoms with Crippen molar-refractivity contribution in [2.24, 2.45) is 0 Å². The van der Waals surface area contributed by atoms with Crippen molar-refractivity contribution >= 4 is 10.9 Å². The predicted molar refractivity (Wildman–Crippen MR) is 47.8 cm³/mol. The van der Waals surface area contributed by atoms with E-state index in [1.54, 1.807) is 0 Å². The number of fused-ring (bicyclic) bond motifs is 1. The molecule has 0 spiro atoms. The van der Waals surface area contributed by atoms with Crippen molar-refractivity contribution in [1.29, 1.82) is 0 Å². The van der Waals surface area contributed by atoms with Gasteiger partial charge in [-0.15, -0.1) is 0 Å². The summed E-state index contributed by atoms with van der Waals surface area (Å²) in [6.07, 6.45) is 0. The van der Waals surface area contributed by atoms with Gasteiger partial charge in [0.25, 0.3) is 0 Å². The first-order valence-electron chi connectivity index (χ1n) is 4.02. The molecule has 0 unspecified atom stereocenters.